The summed E-state index contributed by atoms with van der Waals surface area (Å²) in [5.74, 6) is -0.0348. The van der Waals surface area contributed by atoms with Gasteiger partial charge in [-0.1, -0.05) is 12.1 Å². The summed E-state index contributed by atoms with van der Waals surface area (Å²) in [6, 6.07) is 11.4. The zero-order valence-electron chi connectivity index (χ0n) is 14.8. The molecule has 5 heteroatoms. The molecule has 0 bridgehead atoms. The number of likely N-dealkylation sites (tertiary alicyclic amines) is 1. The van der Waals surface area contributed by atoms with Crippen LogP contribution in [0.1, 0.15) is 28.8 Å². The number of carbonyl (C=O) groups is 2. The zero-order chi connectivity index (χ0) is 18.4. The number of hydrogen-bond donors (Lipinski definition) is 0. The minimum Gasteiger partial charge on any atom is -0.338 e. The van der Waals surface area contributed by atoms with Crippen LogP contribution in [-0.4, -0.2) is 40.9 Å². The Labute approximate surface area is 158 Å². The Hall–Kier alpha value is -2.40. The van der Waals surface area contributed by atoms with E-state index in [0.29, 0.717) is 13.1 Å². The molecule has 1 aliphatic heterocycles. The lowest BCUT2D eigenvalue weighted by molar-refractivity contribution is -0.127. The highest BCUT2D eigenvalue weighted by Crippen LogP contribution is 2.23. The first-order chi connectivity index (χ1) is 12.7. The van der Waals surface area contributed by atoms with Crippen LogP contribution in [0.5, 0.6) is 0 Å². The van der Waals surface area contributed by atoms with Gasteiger partial charge < -0.3 is 4.90 Å². The molecule has 1 aliphatic rings. The van der Waals surface area contributed by atoms with E-state index in [1.165, 1.54) is 0 Å². The van der Waals surface area contributed by atoms with Crippen LogP contribution in [0.15, 0.2) is 59.8 Å². The van der Waals surface area contributed by atoms with Crippen LogP contribution in [0.4, 0.5) is 0 Å². The quantitative estimate of drug-likeness (QED) is 0.457. The smallest absolute Gasteiger partial charge is 0.246 e. The molecule has 2 heterocycles. The monoisotopic (exact) mass is 366 g/mol. The summed E-state index contributed by atoms with van der Waals surface area (Å²) in [6.45, 7) is 1.19. The van der Waals surface area contributed by atoms with Crippen molar-refractivity contribution in [1.82, 2.24) is 9.88 Å². The van der Waals surface area contributed by atoms with Gasteiger partial charge in [-0.25, -0.2) is 0 Å². The second kappa shape index (κ2) is 8.81. The molecule has 2 aromatic rings. The molecule has 0 spiro atoms. The number of ketones is 1. The molecular formula is C21H22N2O2S. The van der Waals surface area contributed by atoms with Gasteiger partial charge in [-0.3, -0.25) is 14.6 Å². The summed E-state index contributed by atoms with van der Waals surface area (Å²) < 4.78 is 0. The van der Waals surface area contributed by atoms with Gasteiger partial charge in [-0.05, 0) is 55.0 Å². The maximum atomic E-state index is 12.8. The van der Waals surface area contributed by atoms with E-state index in [1.54, 1.807) is 41.2 Å². The minimum atomic E-state index is -0.123. The van der Waals surface area contributed by atoms with Crippen molar-refractivity contribution < 1.29 is 9.59 Å². The van der Waals surface area contributed by atoms with Crippen molar-refractivity contribution in [2.75, 3.05) is 19.3 Å². The van der Waals surface area contributed by atoms with Gasteiger partial charge in [-0.2, -0.15) is 0 Å². The molecule has 134 valence electrons. The molecule has 1 saturated heterocycles. The normalized spacial score (nSPS) is 17.4. The summed E-state index contributed by atoms with van der Waals surface area (Å²) in [5, 5.41) is 0. The van der Waals surface area contributed by atoms with Crippen LogP contribution in [-0.2, 0) is 4.79 Å². The van der Waals surface area contributed by atoms with Gasteiger partial charge in [0.1, 0.15) is 0 Å². The summed E-state index contributed by atoms with van der Waals surface area (Å²) >= 11 is 1.66. The van der Waals surface area contributed by atoms with Crippen LogP contribution in [0.3, 0.4) is 0 Å². The van der Waals surface area contributed by atoms with Crippen LogP contribution in [0.25, 0.3) is 6.08 Å². The maximum Gasteiger partial charge on any atom is 0.246 e. The third-order valence-corrected chi connectivity index (χ3v) is 5.35. The molecule has 1 amide bonds. The number of Topliss-reactive ketones (excluding diaryl/α,β-unsaturated/α-hetero) is 1. The predicted octanol–water partition coefficient (Wildman–Crippen LogP) is 3.94. The Kier molecular flexibility index (Phi) is 6.23. The molecule has 0 radical (unpaired) electrons. The van der Waals surface area contributed by atoms with Crippen LogP contribution < -0.4 is 0 Å². The lowest BCUT2D eigenvalue weighted by Gasteiger charge is -2.31. The van der Waals surface area contributed by atoms with Gasteiger partial charge in [0.05, 0.1) is 0 Å². The molecule has 4 nitrogen and oxygen atoms in total. The van der Waals surface area contributed by atoms with E-state index in [1.807, 2.05) is 42.7 Å². The molecule has 1 aromatic carbocycles. The average molecular weight is 366 g/mol. The Morgan fingerprint density at radius 2 is 1.88 bits per heavy atom. The van der Waals surface area contributed by atoms with Crippen LogP contribution >= 0.6 is 11.8 Å². The number of benzene rings is 1. The molecule has 1 aromatic heterocycles. The Morgan fingerprint density at radius 3 is 2.58 bits per heavy atom. The number of amides is 1. The van der Waals surface area contributed by atoms with E-state index in [2.05, 4.69) is 4.98 Å². The number of nitrogens with zero attached hydrogens (tertiary/aromatic N) is 2. The second-order valence-corrected chi connectivity index (χ2v) is 7.21. The Bertz CT molecular complexity index is 787. The highest BCUT2D eigenvalue weighted by atomic mass is 32.2. The van der Waals surface area contributed by atoms with E-state index in [9.17, 15) is 9.59 Å². The van der Waals surface area contributed by atoms with E-state index < -0.39 is 0 Å². The van der Waals surface area contributed by atoms with Gasteiger partial charge in [-0.15, -0.1) is 11.8 Å². The van der Waals surface area contributed by atoms with Crippen LogP contribution in [0.2, 0.25) is 0 Å². The molecule has 0 saturated carbocycles. The van der Waals surface area contributed by atoms with Gasteiger partial charge in [0.15, 0.2) is 5.78 Å². The fraction of sp³-hybridized carbons (Fsp3) is 0.286. The first-order valence-corrected chi connectivity index (χ1v) is 9.95. The van der Waals surface area contributed by atoms with Gasteiger partial charge in [0.2, 0.25) is 5.91 Å². The topological polar surface area (TPSA) is 50.3 Å². The molecule has 3 rings (SSSR count). The zero-order valence-corrected chi connectivity index (χ0v) is 15.6. The first kappa shape index (κ1) is 18.4. The largest absolute Gasteiger partial charge is 0.338 e. The van der Waals surface area contributed by atoms with Crippen molar-refractivity contribution in [3.63, 3.8) is 0 Å². The number of aromatic nitrogens is 1. The predicted molar refractivity (Wildman–Crippen MR) is 105 cm³/mol. The number of hydrogen-bond acceptors (Lipinski definition) is 4. The first-order valence-electron chi connectivity index (χ1n) is 8.72. The van der Waals surface area contributed by atoms with Crippen molar-refractivity contribution in [1.29, 1.82) is 0 Å². The maximum absolute atomic E-state index is 12.8. The van der Waals surface area contributed by atoms with Crippen molar-refractivity contribution in [3.8, 4) is 0 Å². The van der Waals surface area contributed by atoms with Gasteiger partial charge in [0, 0.05) is 47.9 Å². The standard InChI is InChI=1S/C21H22N2O2S/c1-26-19-7-5-17(6-8-19)21(25)18-3-2-14-23(15-18)20(24)9-4-16-10-12-22-13-11-16/h4-13,18H,2-3,14-15H2,1H3/b9-4+. The SMILES string of the molecule is CSc1ccc(C(=O)C2CCCN(C(=O)/C=C/c3ccncc3)C2)cc1. The fourth-order valence-electron chi connectivity index (χ4n) is 3.13. The van der Waals surface area contributed by atoms with Crippen molar-refractivity contribution in [2.24, 2.45) is 5.92 Å². The highest BCUT2D eigenvalue weighted by molar-refractivity contribution is 7.98. The summed E-state index contributed by atoms with van der Waals surface area (Å²) in [5.41, 5.74) is 1.67. The third-order valence-electron chi connectivity index (χ3n) is 4.60. The minimum absolute atomic E-state index is 0.0444. The number of pyridine rings is 1. The highest BCUT2D eigenvalue weighted by Gasteiger charge is 2.28. The lowest BCUT2D eigenvalue weighted by atomic mass is 9.90. The molecule has 0 aliphatic carbocycles. The Balaban J connectivity index is 1.63. The molecule has 0 N–H and O–H groups in total. The van der Waals surface area contributed by atoms with E-state index >= 15 is 0 Å². The van der Waals surface area contributed by atoms with Crippen LogP contribution in [0, 0.1) is 5.92 Å². The molecular weight excluding hydrogens is 344 g/mol. The average Bonchev–Trinajstić information content (AvgIpc) is 2.72. The van der Waals surface area contributed by atoms with E-state index in [4.69, 9.17) is 0 Å². The van der Waals surface area contributed by atoms with Gasteiger partial charge >= 0.3 is 0 Å². The fourth-order valence-corrected chi connectivity index (χ4v) is 3.54. The second-order valence-electron chi connectivity index (χ2n) is 6.33. The summed E-state index contributed by atoms with van der Waals surface area (Å²) in [7, 11) is 0. The van der Waals surface area contributed by atoms with Crippen molar-refractivity contribution in [2.45, 2.75) is 17.7 Å². The molecule has 1 atom stereocenters. The Morgan fingerprint density at radius 1 is 1.15 bits per heavy atom. The van der Waals surface area contributed by atoms with Crippen molar-refractivity contribution >= 4 is 29.5 Å². The molecule has 1 fully saturated rings. The van der Waals surface area contributed by atoms with Gasteiger partial charge in [0.25, 0.3) is 0 Å². The summed E-state index contributed by atoms with van der Waals surface area (Å²) in [4.78, 5) is 32.1. The lowest BCUT2D eigenvalue weighted by Crippen LogP contribution is -2.41. The van der Waals surface area contributed by atoms with E-state index in [-0.39, 0.29) is 17.6 Å². The number of carbonyl (C=O) groups excluding carboxylic acids is 2. The third kappa shape index (κ3) is 4.61. The molecule has 1 unspecified atom stereocenters. The number of piperidine rings is 1. The number of thioether (sulfide) groups is 1. The van der Waals surface area contributed by atoms with E-state index in [0.717, 1.165) is 28.9 Å². The van der Waals surface area contributed by atoms with Crippen molar-refractivity contribution in [3.05, 3.63) is 66.0 Å². The molecule has 26 heavy (non-hydrogen) atoms. The number of rotatable bonds is 5. The summed E-state index contributed by atoms with van der Waals surface area (Å²) in [6.07, 6.45) is 10.5.